The van der Waals surface area contributed by atoms with Gasteiger partial charge in [-0.1, -0.05) is 0 Å². The fourth-order valence-corrected chi connectivity index (χ4v) is 2.82. The van der Waals surface area contributed by atoms with E-state index in [1.807, 2.05) is 13.8 Å². The first-order chi connectivity index (χ1) is 7.03. The molecule has 2 N–H and O–H groups in total. The third kappa shape index (κ3) is 2.47. The summed E-state index contributed by atoms with van der Waals surface area (Å²) in [4.78, 5) is 9.28. The normalized spacial score (nSPS) is 32.6. The molecule has 0 bridgehead atoms. The Bertz CT molecular complexity index is 317. The van der Waals surface area contributed by atoms with Crippen molar-refractivity contribution in [1.82, 2.24) is 5.06 Å². The van der Waals surface area contributed by atoms with Crippen molar-refractivity contribution in [3.8, 4) is 0 Å². The Morgan fingerprint density at radius 2 is 1.88 bits per heavy atom. The lowest BCUT2D eigenvalue weighted by Gasteiger charge is -2.35. The van der Waals surface area contributed by atoms with Crippen molar-refractivity contribution < 1.29 is 23.7 Å². The summed E-state index contributed by atoms with van der Waals surface area (Å²) in [6.07, 6.45) is -0.118. The van der Waals surface area contributed by atoms with Gasteiger partial charge in [0.2, 0.25) is 0 Å². The number of phosphoric ester groups is 1. The maximum Gasteiger partial charge on any atom is 0.472 e. The van der Waals surface area contributed by atoms with Crippen LogP contribution >= 0.6 is 7.82 Å². The monoisotopic (exact) mass is 253 g/mol. The van der Waals surface area contributed by atoms with E-state index in [1.165, 1.54) is 5.06 Å². The van der Waals surface area contributed by atoms with Gasteiger partial charge < -0.3 is 10.1 Å². The van der Waals surface area contributed by atoms with Gasteiger partial charge in [-0.05, 0) is 34.1 Å². The van der Waals surface area contributed by atoms with E-state index in [2.05, 4.69) is 4.52 Å². The molecule has 0 aromatic rings. The summed E-state index contributed by atoms with van der Waals surface area (Å²) in [7, 11) is -2.91. The van der Waals surface area contributed by atoms with Crippen molar-refractivity contribution in [3.63, 3.8) is 0 Å². The standard InChI is InChI=1S/C9H20NO5P/c1-8(2)6-7(9(3,4)10(8)11)15-16(12,13)14-5/h7,11H,6H2,1-5H3,(H,12,13). The first kappa shape index (κ1) is 14.1. The van der Waals surface area contributed by atoms with Crippen LogP contribution in [0.25, 0.3) is 0 Å². The minimum atomic E-state index is -4.02. The molecule has 6 nitrogen and oxygen atoms in total. The van der Waals surface area contributed by atoms with E-state index in [-0.39, 0.29) is 0 Å². The Morgan fingerprint density at radius 1 is 1.38 bits per heavy atom. The zero-order chi connectivity index (χ0) is 12.8. The van der Waals surface area contributed by atoms with Crippen molar-refractivity contribution in [3.05, 3.63) is 0 Å². The van der Waals surface area contributed by atoms with Crippen molar-refractivity contribution >= 4 is 7.82 Å². The molecule has 1 aliphatic rings. The molecule has 1 rings (SSSR count). The molecule has 0 spiro atoms. The molecule has 0 aromatic heterocycles. The van der Waals surface area contributed by atoms with Crippen molar-refractivity contribution in [2.45, 2.75) is 51.3 Å². The van der Waals surface area contributed by atoms with Crippen molar-refractivity contribution in [1.29, 1.82) is 0 Å². The molecule has 0 saturated carbocycles. The van der Waals surface area contributed by atoms with E-state index in [0.717, 1.165) is 7.11 Å². The molecule has 96 valence electrons. The summed E-state index contributed by atoms with van der Waals surface area (Å²) in [5.41, 5.74) is -1.23. The smallest absolute Gasteiger partial charge is 0.313 e. The predicted molar refractivity (Wildman–Crippen MR) is 58.1 cm³/mol. The first-order valence-electron chi connectivity index (χ1n) is 5.09. The lowest BCUT2D eigenvalue weighted by Crippen LogP contribution is -2.48. The van der Waals surface area contributed by atoms with Gasteiger partial charge in [0.25, 0.3) is 0 Å². The number of phosphoric acid groups is 1. The highest BCUT2D eigenvalue weighted by atomic mass is 31.2. The van der Waals surface area contributed by atoms with Gasteiger partial charge >= 0.3 is 7.82 Å². The third-order valence-corrected chi connectivity index (χ3v) is 4.07. The average molecular weight is 253 g/mol. The number of hydrogen-bond donors (Lipinski definition) is 2. The van der Waals surface area contributed by atoms with Crippen LogP contribution in [0.4, 0.5) is 0 Å². The molecule has 1 saturated heterocycles. The van der Waals surface area contributed by atoms with Gasteiger partial charge in [-0.2, -0.15) is 5.06 Å². The minimum absolute atomic E-state index is 0.449. The third-order valence-electron chi connectivity index (χ3n) is 3.08. The Morgan fingerprint density at radius 3 is 2.19 bits per heavy atom. The molecule has 0 aromatic carbocycles. The molecule has 2 unspecified atom stereocenters. The lowest BCUT2D eigenvalue weighted by atomic mass is 9.97. The second-order valence-corrected chi connectivity index (χ2v) is 6.74. The summed E-state index contributed by atoms with van der Waals surface area (Å²) < 4.78 is 20.8. The van der Waals surface area contributed by atoms with Crippen molar-refractivity contribution in [2.75, 3.05) is 7.11 Å². The Hall–Kier alpha value is 0.0300. The molecule has 1 aliphatic heterocycles. The lowest BCUT2D eigenvalue weighted by molar-refractivity contribution is -0.200. The largest absolute Gasteiger partial charge is 0.472 e. The summed E-state index contributed by atoms with van der Waals surface area (Å²) in [5.74, 6) is 0. The fourth-order valence-electron chi connectivity index (χ4n) is 2.08. The molecule has 16 heavy (non-hydrogen) atoms. The highest BCUT2D eigenvalue weighted by Crippen LogP contribution is 2.50. The zero-order valence-electron chi connectivity index (χ0n) is 10.3. The molecular weight excluding hydrogens is 233 g/mol. The summed E-state index contributed by atoms with van der Waals surface area (Å²) in [5, 5.41) is 11.1. The molecule has 1 heterocycles. The average Bonchev–Trinajstić information content (AvgIpc) is 2.27. The molecule has 2 atom stereocenters. The van der Waals surface area contributed by atoms with Crippen LogP contribution in [-0.2, 0) is 13.6 Å². The molecule has 0 amide bonds. The van der Waals surface area contributed by atoms with Gasteiger partial charge in [0.15, 0.2) is 0 Å². The van der Waals surface area contributed by atoms with Crippen LogP contribution in [0.15, 0.2) is 0 Å². The Balaban J connectivity index is 2.88. The molecule has 0 aliphatic carbocycles. The van der Waals surface area contributed by atoms with E-state index in [4.69, 9.17) is 4.52 Å². The molecule has 7 heteroatoms. The quantitative estimate of drug-likeness (QED) is 0.746. The van der Waals surface area contributed by atoms with Gasteiger partial charge in [0.1, 0.15) is 0 Å². The SMILES string of the molecule is COP(=O)(O)OC1CC(C)(C)N(O)C1(C)C. The Labute approximate surface area is 95.7 Å². The van der Waals surface area contributed by atoms with E-state index >= 15 is 0 Å². The van der Waals surface area contributed by atoms with Gasteiger partial charge in [0.05, 0.1) is 11.6 Å². The first-order valence-corrected chi connectivity index (χ1v) is 6.58. The van der Waals surface area contributed by atoms with Gasteiger partial charge in [0, 0.05) is 12.6 Å². The molecule has 0 radical (unpaired) electrons. The van der Waals surface area contributed by atoms with E-state index in [1.54, 1.807) is 13.8 Å². The van der Waals surface area contributed by atoms with Crippen LogP contribution in [0, 0.1) is 0 Å². The van der Waals surface area contributed by atoms with Crippen molar-refractivity contribution in [2.24, 2.45) is 0 Å². The molecular formula is C9H20NO5P. The summed E-state index contributed by atoms with van der Waals surface area (Å²) >= 11 is 0. The maximum absolute atomic E-state index is 11.4. The van der Waals surface area contributed by atoms with Crippen LogP contribution in [0.1, 0.15) is 34.1 Å². The van der Waals surface area contributed by atoms with Gasteiger partial charge in [-0.25, -0.2) is 4.57 Å². The zero-order valence-corrected chi connectivity index (χ0v) is 11.2. The van der Waals surface area contributed by atoms with Crippen LogP contribution in [-0.4, -0.2) is 39.5 Å². The highest BCUT2D eigenvalue weighted by molar-refractivity contribution is 7.47. The van der Waals surface area contributed by atoms with Crippen LogP contribution in [0.3, 0.4) is 0 Å². The Kier molecular flexibility index (Phi) is 3.57. The maximum atomic E-state index is 11.4. The van der Waals surface area contributed by atoms with Crippen LogP contribution in [0.2, 0.25) is 0 Å². The minimum Gasteiger partial charge on any atom is -0.313 e. The van der Waals surface area contributed by atoms with Gasteiger partial charge in [-0.15, -0.1) is 0 Å². The predicted octanol–water partition coefficient (Wildman–Crippen LogP) is 1.77. The second-order valence-electron chi connectivity index (χ2n) is 5.23. The summed E-state index contributed by atoms with van der Waals surface area (Å²) in [6, 6.07) is 0. The van der Waals surface area contributed by atoms with E-state index in [9.17, 15) is 14.7 Å². The number of rotatable bonds is 3. The summed E-state index contributed by atoms with van der Waals surface area (Å²) in [6.45, 7) is 7.19. The highest BCUT2D eigenvalue weighted by Gasteiger charge is 2.54. The second kappa shape index (κ2) is 4.05. The topological polar surface area (TPSA) is 79.2 Å². The molecule has 1 fully saturated rings. The van der Waals surface area contributed by atoms with E-state index in [0.29, 0.717) is 6.42 Å². The van der Waals surface area contributed by atoms with E-state index < -0.39 is 25.0 Å². The number of nitrogens with zero attached hydrogens (tertiary/aromatic N) is 1. The van der Waals surface area contributed by atoms with Gasteiger partial charge in [-0.3, -0.25) is 9.05 Å². The number of hydrogen-bond acceptors (Lipinski definition) is 5. The fraction of sp³-hybridized carbons (Fsp3) is 1.00. The van der Waals surface area contributed by atoms with Crippen LogP contribution in [0.5, 0.6) is 0 Å². The van der Waals surface area contributed by atoms with Crippen LogP contribution < -0.4 is 0 Å². The number of hydroxylamine groups is 2.